The van der Waals surface area contributed by atoms with Crippen LogP contribution in [0.4, 0.5) is 4.39 Å². The summed E-state index contributed by atoms with van der Waals surface area (Å²) in [6.07, 6.45) is 3.88. The molecule has 0 spiro atoms. The number of nitrogens with zero attached hydrogens (tertiary/aromatic N) is 1. The number of aliphatic carboxylic acids is 1. The Kier molecular flexibility index (Phi) is 4.10. The van der Waals surface area contributed by atoms with E-state index in [0.29, 0.717) is 17.0 Å². The highest BCUT2D eigenvalue weighted by Crippen LogP contribution is 2.26. The molecule has 20 heavy (non-hydrogen) atoms. The first-order valence-corrected chi connectivity index (χ1v) is 5.86. The summed E-state index contributed by atoms with van der Waals surface area (Å²) in [5.41, 5.74) is 1.10. The van der Waals surface area contributed by atoms with Gasteiger partial charge in [-0.2, -0.15) is 0 Å². The van der Waals surface area contributed by atoms with Crippen molar-refractivity contribution in [2.45, 2.75) is 6.92 Å². The topological polar surface area (TPSA) is 59.4 Å². The van der Waals surface area contributed by atoms with Crippen molar-refractivity contribution in [2.75, 3.05) is 0 Å². The van der Waals surface area contributed by atoms with Crippen molar-refractivity contribution in [1.82, 2.24) is 4.98 Å². The summed E-state index contributed by atoms with van der Waals surface area (Å²) >= 11 is 0. The number of carboxylic acids is 1. The number of halogens is 1. The maximum Gasteiger partial charge on any atom is 0.328 e. The molecule has 5 heteroatoms. The molecular formula is C15H12FNO3. The summed E-state index contributed by atoms with van der Waals surface area (Å²) in [6.45, 7) is 1.76. The van der Waals surface area contributed by atoms with Gasteiger partial charge in [0.25, 0.3) is 0 Å². The monoisotopic (exact) mass is 273 g/mol. The number of carbonyl (C=O) groups is 1. The van der Waals surface area contributed by atoms with Gasteiger partial charge in [-0.05, 0) is 42.8 Å². The molecule has 0 unspecified atom stereocenters. The number of pyridine rings is 1. The lowest BCUT2D eigenvalue weighted by atomic mass is 10.2. The van der Waals surface area contributed by atoms with E-state index in [1.54, 1.807) is 31.3 Å². The molecule has 2 aromatic rings. The minimum Gasteiger partial charge on any atom is -0.478 e. The van der Waals surface area contributed by atoms with Crippen molar-refractivity contribution in [3.05, 3.63) is 59.7 Å². The first-order valence-electron chi connectivity index (χ1n) is 5.86. The van der Waals surface area contributed by atoms with Gasteiger partial charge < -0.3 is 9.84 Å². The Balaban J connectivity index is 2.22. The van der Waals surface area contributed by atoms with Crippen molar-refractivity contribution in [3.8, 4) is 11.5 Å². The predicted molar refractivity (Wildman–Crippen MR) is 72.1 cm³/mol. The Bertz CT molecular complexity index is 668. The van der Waals surface area contributed by atoms with E-state index in [-0.39, 0.29) is 5.75 Å². The second-order valence-corrected chi connectivity index (χ2v) is 4.05. The van der Waals surface area contributed by atoms with Crippen LogP contribution in [0.5, 0.6) is 11.5 Å². The van der Waals surface area contributed by atoms with Gasteiger partial charge in [0.05, 0.1) is 5.69 Å². The van der Waals surface area contributed by atoms with Crippen molar-refractivity contribution in [3.63, 3.8) is 0 Å². The molecule has 2 rings (SSSR count). The van der Waals surface area contributed by atoms with E-state index in [0.717, 1.165) is 6.08 Å². The first kappa shape index (κ1) is 13.7. The SMILES string of the molecule is Cc1ncccc1Oc1ccc(/C=C/C(=O)O)cc1F. The number of hydrogen-bond donors (Lipinski definition) is 1. The average Bonchev–Trinajstić information content (AvgIpc) is 2.41. The van der Waals surface area contributed by atoms with Crippen LogP contribution in [0, 0.1) is 12.7 Å². The highest BCUT2D eigenvalue weighted by molar-refractivity contribution is 5.85. The molecule has 0 aliphatic rings. The van der Waals surface area contributed by atoms with E-state index in [9.17, 15) is 9.18 Å². The van der Waals surface area contributed by atoms with Gasteiger partial charge in [-0.15, -0.1) is 0 Å². The standard InChI is InChI=1S/C15H12FNO3/c1-10-13(3-2-8-17-10)20-14-6-4-11(9-12(14)16)5-7-15(18)19/h2-9H,1H3,(H,18,19)/b7-5+. The van der Waals surface area contributed by atoms with Gasteiger partial charge in [0, 0.05) is 12.3 Å². The highest BCUT2D eigenvalue weighted by atomic mass is 19.1. The fourth-order valence-corrected chi connectivity index (χ4v) is 1.57. The number of aryl methyl sites for hydroxylation is 1. The molecule has 0 saturated carbocycles. The first-order chi connectivity index (χ1) is 9.56. The number of hydrogen-bond acceptors (Lipinski definition) is 3. The van der Waals surface area contributed by atoms with Crippen LogP contribution < -0.4 is 4.74 Å². The lowest BCUT2D eigenvalue weighted by Gasteiger charge is -2.08. The minimum absolute atomic E-state index is 0.0635. The van der Waals surface area contributed by atoms with E-state index in [4.69, 9.17) is 9.84 Å². The molecule has 0 aliphatic carbocycles. The molecule has 1 heterocycles. The number of aromatic nitrogens is 1. The summed E-state index contributed by atoms with van der Waals surface area (Å²) in [5, 5.41) is 8.51. The van der Waals surface area contributed by atoms with Gasteiger partial charge in [-0.3, -0.25) is 4.98 Å². The summed E-state index contributed by atoms with van der Waals surface area (Å²) in [4.78, 5) is 14.4. The molecular weight excluding hydrogens is 261 g/mol. The third-order valence-corrected chi connectivity index (χ3v) is 2.55. The lowest BCUT2D eigenvalue weighted by molar-refractivity contribution is -0.131. The molecule has 0 saturated heterocycles. The van der Waals surface area contributed by atoms with Crippen LogP contribution >= 0.6 is 0 Å². The van der Waals surface area contributed by atoms with Crippen LogP contribution in [-0.2, 0) is 4.79 Å². The van der Waals surface area contributed by atoms with Crippen LogP contribution in [0.15, 0.2) is 42.6 Å². The maximum absolute atomic E-state index is 13.9. The zero-order valence-corrected chi connectivity index (χ0v) is 10.7. The largest absolute Gasteiger partial charge is 0.478 e. The van der Waals surface area contributed by atoms with Crippen molar-refractivity contribution in [1.29, 1.82) is 0 Å². The zero-order valence-electron chi connectivity index (χ0n) is 10.7. The molecule has 4 nitrogen and oxygen atoms in total. The average molecular weight is 273 g/mol. The highest BCUT2D eigenvalue weighted by Gasteiger charge is 2.07. The molecule has 0 bridgehead atoms. The molecule has 1 N–H and O–H groups in total. The van der Waals surface area contributed by atoms with E-state index < -0.39 is 11.8 Å². The van der Waals surface area contributed by atoms with E-state index >= 15 is 0 Å². The summed E-state index contributed by atoms with van der Waals surface area (Å²) in [5.74, 6) is -1.12. The van der Waals surface area contributed by atoms with Gasteiger partial charge in [-0.25, -0.2) is 9.18 Å². The van der Waals surface area contributed by atoms with Gasteiger partial charge in [-0.1, -0.05) is 6.07 Å². The predicted octanol–water partition coefficient (Wildman–Crippen LogP) is 3.42. The number of benzene rings is 1. The van der Waals surface area contributed by atoms with E-state index in [2.05, 4.69) is 4.98 Å². The fraction of sp³-hybridized carbons (Fsp3) is 0.0667. The lowest BCUT2D eigenvalue weighted by Crippen LogP contribution is -1.93. The summed E-state index contributed by atoms with van der Waals surface area (Å²) < 4.78 is 19.3. The van der Waals surface area contributed by atoms with Gasteiger partial charge in [0.2, 0.25) is 0 Å². The third kappa shape index (κ3) is 3.41. The molecule has 0 aliphatic heterocycles. The second kappa shape index (κ2) is 5.97. The molecule has 0 amide bonds. The van der Waals surface area contributed by atoms with Gasteiger partial charge >= 0.3 is 5.97 Å². The number of carboxylic acid groups (broad SMARTS) is 1. The van der Waals surface area contributed by atoms with Crippen LogP contribution in [0.2, 0.25) is 0 Å². The Morgan fingerprint density at radius 3 is 2.80 bits per heavy atom. The van der Waals surface area contributed by atoms with E-state index in [1.807, 2.05) is 0 Å². The van der Waals surface area contributed by atoms with Crippen LogP contribution in [0.3, 0.4) is 0 Å². The molecule has 0 atom stereocenters. The van der Waals surface area contributed by atoms with Crippen LogP contribution in [0.25, 0.3) is 6.08 Å². The minimum atomic E-state index is -1.09. The Labute approximate surface area is 115 Å². The molecule has 0 fully saturated rings. The van der Waals surface area contributed by atoms with Crippen LogP contribution in [0.1, 0.15) is 11.3 Å². The molecule has 1 aromatic heterocycles. The van der Waals surface area contributed by atoms with Crippen molar-refractivity contribution in [2.24, 2.45) is 0 Å². The van der Waals surface area contributed by atoms with Gasteiger partial charge in [0.1, 0.15) is 5.75 Å². The second-order valence-electron chi connectivity index (χ2n) is 4.05. The fourth-order valence-electron chi connectivity index (χ4n) is 1.57. The number of rotatable bonds is 4. The van der Waals surface area contributed by atoms with Crippen molar-refractivity contribution < 1.29 is 19.0 Å². The summed E-state index contributed by atoms with van der Waals surface area (Å²) in [7, 11) is 0. The quantitative estimate of drug-likeness (QED) is 0.867. The molecule has 1 aromatic carbocycles. The smallest absolute Gasteiger partial charge is 0.328 e. The van der Waals surface area contributed by atoms with Gasteiger partial charge in [0.15, 0.2) is 11.6 Å². The number of ether oxygens (including phenoxy) is 1. The van der Waals surface area contributed by atoms with Crippen LogP contribution in [-0.4, -0.2) is 16.1 Å². The summed E-state index contributed by atoms with van der Waals surface area (Å²) in [6, 6.07) is 7.62. The maximum atomic E-state index is 13.9. The van der Waals surface area contributed by atoms with E-state index in [1.165, 1.54) is 18.2 Å². The Morgan fingerprint density at radius 1 is 1.35 bits per heavy atom. The zero-order chi connectivity index (χ0) is 14.5. The normalized spacial score (nSPS) is 10.7. The third-order valence-electron chi connectivity index (χ3n) is 2.55. The molecule has 0 radical (unpaired) electrons. The molecule has 102 valence electrons. The Hall–Kier alpha value is -2.69. The Morgan fingerprint density at radius 2 is 2.15 bits per heavy atom. The van der Waals surface area contributed by atoms with Crippen molar-refractivity contribution >= 4 is 12.0 Å².